The largest absolute Gasteiger partial charge is 0.431 e. The zero-order valence-electron chi connectivity index (χ0n) is 9.55. The van der Waals surface area contributed by atoms with E-state index in [1.54, 1.807) is 0 Å². The van der Waals surface area contributed by atoms with Crippen LogP contribution in [0, 0.1) is 6.92 Å². The Morgan fingerprint density at radius 2 is 2.11 bits per heavy atom. The first kappa shape index (κ1) is 11.7. The number of halogens is 1. The molecule has 0 unspecified atom stereocenters. The topological polar surface area (TPSA) is 38.9 Å². The summed E-state index contributed by atoms with van der Waals surface area (Å²) in [5.41, 5.74) is 2.77. The number of benzene rings is 1. The van der Waals surface area contributed by atoms with Crippen molar-refractivity contribution in [2.45, 2.75) is 17.2 Å². The molecule has 0 aliphatic carbocycles. The van der Waals surface area contributed by atoms with Crippen molar-refractivity contribution in [1.29, 1.82) is 0 Å². The highest BCUT2D eigenvalue weighted by molar-refractivity contribution is 9.10. The summed E-state index contributed by atoms with van der Waals surface area (Å²) >= 11 is 4.91. The van der Waals surface area contributed by atoms with Crippen LogP contribution < -0.4 is 0 Å². The number of hydrogen-bond donors (Lipinski definition) is 0. The number of fused-ring (bicyclic) bond motifs is 1. The maximum absolute atomic E-state index is 5.65. The molecule has 0 saturated heterocycles. The summed E-state index contributed by atoms with van der Waals surface area (Å²) in [6.45, 7) is 2.01. The van der Waals surface area contributed by atoms with Gasteiger partial charge < -0.3 is 4.42 Å². The monoisotopic (exact) mass is 320 g/mol. The number of oxazole rings is 1. The molecular weight excluding hydrogens is 312 g/mol. The van der Waals surface area contributed by atoms with Gasteiger partial charge in [0.15, 0.2) is 5.58 Å². The van der Waals surface area contributed by atoms with Crippen molar-refractivity contribution in [2.75, 3.05) is 0 Å². The fourth-order valence-corrected chi connectivity index (χ4v) is 2.98. The number of aryl methyl sites for hydroxylation is 1. The molecule has 0 atom stereocenters. The molecule has 0 aliphatic rings. The summed E-state index contributed by atoms with van der Waals surface area (Å²) in [4.78, 5) is 8.77. The van der Waals surface area contributed by atoms with Crippen molar-refractivity contribution in [3.8, 4) is 0 Å². The van der Waals surface area contributed by atoms with Gasteiger partial charge in [0, 0.05) is 6.20 Å². The summed E-state index contributed by atoms with van der Waals surface area (Å²) < 4.78 is 6.60. The highest BCUT2D eigenvalue weighted by Gasteiger charge is 2.10. The predicted octanol–water partition coefficient (Wildman–Crippen LogP) is 4.44. The Kier molecular flexibility index (Phi) is 3.09. The van der Waals surface area contributed by atoms with E-state index in [1.165, 1.54) is 11.8 Å². The molecule has 1 aromatic carbocycles. The van der Waals surface area contributed by atoms with E-state index in [2.05, 4.69) is 25.9 Å². The third-order valence-corrected chi connectivity index (χ3v) is 4.14. The third-order valence-electron chi connectivity index (χ3n) is 2.40. The SMILES string of the molecule is Cc1cnc(Sc2nc3ccccc3o2)c(Br)c1. The van der Waals surface area contributed by atoms with Crippen molar-refractivity contribution in [1.82, 2.24) is 9.97 Å². The number of rotatable bonds is 2. The molecule has 0 saturated carbocycles. The summed E-state index contributed by atoms with van der Waals surface area (Å²) in [6.07, 6.45) is 1.83. The molecule has 90 valence electrons. The number of para-hydroxylation sites is 2. The molecule has 2 aromatic heterocycles. The number of hydrogen-bond acceptors (Lipinski definition) is 4. The Balaban J connectivity index is 1.96. The second kappa shape index (κ2) is 4.74. The van der Waals surface area contributed by atoms with E-state index in [-0.39, 0.29) is 0 Å². The molecule has 3 rings (SSSR count). The van der Waals surface area contributed by atoms with Gasteiger partial charge in [0.05, 0.1) is 4.47 Å². The van der Waals surface area contributed by atoms with E-state index in [4.69, 9.17) is 4.42 Å². The van der Waals surface area contributed by atoms with Crippen molar-refractivity contribution >= 4 is 38.8 Å². The van der Waals surface area contributed by atoms with Gasteiger partial charge in [-0.1, -0.05) is 12.1 Å². The van der Waals surface area contributed by atoms with Gasteiger partial charge in [-0.15, -0.1) is 0 Å². The van der Waals surface area contributed by atoms with E-state index in [1.807, 2.05) is 43.5 Å². The molecule has 0 N–H and O–H groups in total. The second-order valence-corrected chi connectivity index (χ2v) is 5.64. The van der Waals surface area contributed by atoms with Crippen LogP contribution in [0.2, 0.25) is 0 Å². The molecule has 0 spiro atoms. The fraction of sp³-hybridized carbons (Fsp3) is 0.0769. The minimum absolute atomic E-state index is 0.605. The second-order valence-electron chi connectivity index (χ2n) is 3.85. The minimum atomic E-state index is 0.605. The normalized spacial score (nSPS) is 11.0. The quantitative estimate of drug-likeness (QED) is 0.699. The number of nitrogens with zero attached hydrogens (tertiary/aromatic N) is 2. The predicted molar refractivity (Wildman–Crippen MR) is 74.8 cm³/mol. The molecule has 2 heterocycles. The van der Waals surface area contributed by atoms with E-state index in [0.29, 0.717) is 5.22 Å². The molecule has 18 heavy (non-hydrogen) atoms. The Bertz CT molecular complexity index is 678. The lowest BCUT2D eigenvalue weighted by atomic mass is 10.3. The van der Waals surface area contributed by atoms with Crippen LogP contribution in [-0.4, -0.2) is 9.97 Å². The van der Waals surface area contributed by atoms with Crippen molar-refractivity contribution in [3.05, 3.63) is 46.6 Å². The van der Waals surface area contributed by atoms with E-state index < -0.39 is 0 Å². The van der Waals surface area contributed by atoms with Crippen LogP contribution in [0.1, 0.15) is 5.56 Å². The van der Waals surface area contributed by atoms with Gasteiger partial charge >= 0.3 is 0 Å². The standard InChI is InChI=1S/C13H9BrN2OS/c1-8-6-9(14)12(15-7-8)18-13-16-10-4-2-3-5-11(10)17-13/h2-7H,1H3. The van der Waals surface area contributed by atoms with E-state index in [9.17, 15) is 0 Å². The first-order chi connectivity index (χ1) is 8.72. The van der Waals surface area contributed by atoms with Gasteiger partial charge in [0.2, 0.25) is 0 Å². The molecule has 3 nitrogen and oxygen atoms in total. The lowest BCUT2D eigenvalue weighted by molar-refractivity contribution is 0.489. The van der Waals surface area contributed by atoms with Gasteiger partial charge in [-0.25, -0.2) is 9.97 Å². The molecule has 5 heteroatoms. The van der Waals surface area contributed by atoms with Crippen LogP contribution in [0.4, 0.5) is 0 Å². The van der Waals surface area contributed by atoms with Crippen LogP contribution in [0.25, 0.3) is 11.1 Å². The van der Waals surface area contributed by atoms with E-state index in [0.717, 1.165) is 26.2 Å². The molecular formula is C13H9BrN2OS. The average molecular weight is 321 g/mol. The van der Waals surface area contributed by atoms with Gasteiger partial charge in [-0.3, -0.25) is 0 Å². The molecule has 3 aromatic rings. The highest BCUT2D eigenvalue weighted by atomic mass is 79.9. The van der Waals surface area contributed by atoms with E-state index >= 15 is 0 Å². The summed E-state index contributed by atoms with van der Waals surface area (Å²) in [5, 5.41) is 1.46. The molecule has 0 bridgehead atoms. The van der Waals surface area contributed by atoms with Crippen LogP contribution in [0.3, 0.4) is 0 Å². The van der Waals surface area contributed by atoms with Gasteiger partial charge in [0.1, 0.15) is 10.5 Å². The number of aromatic nitrogens is 2. The zero-order chi connectivity index (χ0) is 12.5. The Morgan fingerprint density at radius 1 is 1.28 bits per heavy atom. The fourth-order valence-electron chi connectivity index (χ4n) is 1.57. The van der Waals surface area contributed by atoms with Crippen LogP contribution >= 0.6 is 27.7 Å². The smallest absolute Gasteiger partial charge is 0.263 e. The number of pyridine rings is 1. The van der Waals surface area contributed by atoms with Gasteiger partial charge in [-0.2, -0.15) is 0 Å². The van der Waals surface area contributed by atoms with Crippen molar-refractivity contribution in [3.63, 3.8) is 0 Å². The summed E-state index contributed by atoms with van der Waals surface area (Å²) in [5.74, 6) is 0. The summed E-state index contributed by atoms with van der Waals surface area (Å²) in [7, 11) is 0. The van der Waals surface area contributed by atoms with Crippen molar-refractivity contribution < 1.29 is 4.42 Å². The van der Waals surface area contributed by atoms with Crippen LogP contribution in [0.15, 0.2) is 55.7 Å². The first-order valence-electron chi connectivity index (χ1n) is 5.38. The molecule has 0 aliphatic heterocycles. The summed E-state index contributed by atoms with van der Waals surface area (Å²) in [6, 6.07) is 9.74. The molecule has 0 radical (unpaired) electrons. The lowest BCUT2D eigenvalue weighted by Crippen LogP contribution is -1.83. The van der Waals surface area contributed by atoms with Gasteiger partial charge in [0.25, 0.3) is 5.22 Å². The third kappa shape index (κ3) is 2.28. The molecule has 0 fully saturated rings. The Labute approximate surface area is 117 Å². The van der Waals surface area contributed by atoms with Gasteiger partial charge in [-0.05, 0) is 58.4 Å². The maximum atomic E-state index is 5.65. The highest BCUT2D eigenvalue weighted by Crippen LogP contribution is 2.33. The minimum Gasteiger partial charge on any atom is -0.431 e. The van der Waals surface area contributed by atoms with Crippen molar-refractivity contribution in [2.24, 2.45) is 0 Å². The Morgan fingerprint density at radius 3 is 2.89 bits per heavy atom. The first-order valence-corrected chi connectivity index (χ1v) is 6.99. The van der Waals surface area contributed by atoms with Crippen LogP contribution in [-0.2, 0) is 0 Å². The molecule has 0 amide bonds. The lowest BCUT2D eigenvalue weighted by Gasteiger charge is -2.00. The van der Waals surface area contributed by atoms with Crippen LogP contribution in [0.5, 0.6) is 0 Å². The maximum Gasteiger partial charge on any atom is 0.263 e. The Hall–Kier alpha value is -1.33. The average Bonchev–Trinajstić information content (AvgIpc) is 2.75. The zero-order valence-corrected chi connectivity index (χ0v) is 12.0.